The van der Waals surface area contributed by atoms with Crippen molar-refractivity contribution in [2.75, 3.05) is 0 Å². The van der Waals surface area contributed by atoms with E-state index in [9.17, 15) is 0 Å². The minimum Gasteiger partial charge on any atom is -0.501 e. The van der Waals surface area contributed by atoms with Crippen LogP contribution in [-0.4, -0.2) is 22.6 Å². The molecule has 0 bridgehead atoms. The summed E-state index contributed by atoms with van der Waals surface area (Å²) in [5.74, 6) is 0.800. The molecule has 3 aromatic heterocycles. The van der Waals surface area contributed by atoms with Gasteiger partial charge in [-0.2, -0.15) is 0 Å². The summed E-state index contributed by atoms with van der Waals surface area (Å²) in [6, 6.07) is 64.4. The Hall–Kier alpha value is -6.17. The van der Waals surface area contributed by atoms with E-state index in [4.69, 9.17) is 9.40 Å². The molecule has 0 spiro atoms. The zero-order valence-corrected chi connectivity index (χ0v) is 42.1. The van der Waals surface area contributed by atoms with Crippen molar-refractivity contribution >= 4 is 46.2 Å². The predicted octanol–water partition coefficient (Wildman–Crippen LogP) is 15.4. The number of hydrogen-bond acceptors (Lipinski definition) is 3. The molecule has 0 atom stereocenters. The molecule has 0 fully saturated rings. The second-order valence-corrected chi connectivity index (χ2v) is 24.9. The van der Waals surface area contributed by atoms with Gasteiger partial charge < -0.3 is 14.0 Å². The normalized spacial score (nSPS) is 12.0. The maximum atomic E-state index is 6.53. The number of furan rings is 1. The van der Waals surface area contributed by atoms with Gasteiger partial charge in [0.15, 0.2) is 0 Å². The van der Waals surface area contributed by atoms with Gasteiger partial charge in [-0.15, -0.1) is 53.6 Å². The Morgan fingerprint density at radius 3 is 1.80 bits per heavy atom. The number of rotatable bonds is 6. The summed E-state index contributed by atoms with van der Waals surface area (Å²) in [4.78, 5) is 9.90. The second kappa shape index (κ2) is 18.0. The smallest absolute Gasteiger partial charge is 0.120 e. The molecular weight excluding hydrogens is 987 g/mol. The molecule has 0 saturated carbocycles. The molecule has 0 aliphatic carbocycles. The van der Waals surface area contributed by atoms with E-state index < -0.39 is 8.07 Å². The van der Waals surface area contributed by atoms with Crippen LogP contribution in [0.2, 0.25) is 19.6 Å². The van der Waals surface area contributed by atoms with Gasteiger partial charge in [0.1, 0.15) is 5.58 Å². The van der Waals surface area contributed by atoms with Crippen molar-refractivity contribution in [1.82, 2.24) is 14.5 Å². The van der Waals surface area contributed by atoms with E-state index in [0.717, 1.165) is 83.6 Å². The second-order valence-electron chi connectivity index (χ2n) is 19.8. The fourth-order valence-corrected chi connectivity index (χ4v) is 9.34. The third-order valence-corrected chi connectivity index (χ3v) is 14.1. The number of nitrogens with zero attached hydrogens (tertiary/aromatic N) is 3. The first-order valence-electron chi connectivity index (χ1n) is 22.2. The monoisotopic (exact) mass is 1040 g/mol. The van der Waals surface area contributed by atoms with Gasteiger partial charge >= 0.3 is 0 Å². The van der Waals surface area contributed by atoms with E-state index in [1.165, 1.54) is 16.3 Å². The van der Waals surface area contributed by atoms with Gasteiger partial charge in [0.2, 0.25) is 0 Å². The van der Waals surface area contributed by atoms with Crippen molar-refractivity contribution in [2.24, 2.45) is 0 Å². The molecular formula is C59H55IrN3OSi-2. The molecule has 0 saturated heterocycles. The molecule has 0 N–H and O–H groups in total. The zero-order valence-electron chi connectivity index (χ0n) is 38.7. The molecule has 0 aliphatic heterocycles. The van der Waals surface area contributed by atoms with Crippen LogP contribution in [0.1, 0.15) is 52.7 Å². The molecule has 327 valence electrons. The van der Waals surface area contributed by atoms with Gasteiger partial charge in [-0.25, -0.2) is 0 Å². The number of pyridine rings is 1. The Balaban J connectivity index is 0.000000232. The topological polar surface area (TPSA) is 43.9 Å². The molecule has 10 aromatic rings. The van der Waals surface area contributed by atoms with Crippen LogP contribution in [0.3, 0.4) is 0 Å². The van der Waals surface area contributed by atoms with Crippen LogP contribution in [0, 0.1) is 12.1 Å². The predicted molar refractivity (Wildman–Crippen MR) is 272 cm³/mol. The van der Waals surface area contributed by atoms with E-state index in [2.05, 4.69) is 222 Å². The summed E-state index contributed by atoms with van der Waals surface area (Å²) in [6.07, 6.45) is 2.03. The first-order chi connectivity index (χ1) is 30.6. The molecule has 7 aromatic carbocycles. The van der Waals surface area contributed by atoms with E-state index in [0.29, 0.717) is 0 Å². The summed E-state index contributed by atoms with van der Waals surface area (Å²) >= 11 is 0. The number of aromatic nitrogens is 3. The Labute approximate surface area is 398 Å². The Morgan fingerprint density at radius 2 is 1.22 bits per heavy atom. The third-order valence-electron chi connectivity index (χ3n) is 12.1. The van der Waals surface area contributed by atoms with Gasteiger partial charge in [-0.1, -0.05) is 175 Å². The quantitative estimate of drug-likeness (QED) is 0.123. The Kier molecular flexibility index (Phi) is 12.6. The van der Waals surface area contributed by atoms with Crippen molar-refractivity contribution in [3.63, 3.8) is 0 Å². The first-order valence-corrected chi connectivity index (χ1v) is 25.7. The van der Waals surface area contributed by atoms with E-state index >= 15 is 0 Å². The number of imidazole rings is 1. The molecule has 0 aliphatic rings. The SMILES string of the molecule is CC(C)(C)c1c[c-]c(-c2ccc([Si](C)(C)C)cn2)cc1.CC(C)(C)c1cc(-c2ccccc2)c(-n2c(-c3[c-]ccc4c3oc3ccccc34)nc3ccccc32)c(-c2ccccc2)c1.[Ir]. The van der Waals surface area contributed by atoms with Crippen molar-refractivity contribution in [1.29, 1.82) is 0 Å². The molecule has 1 radical (unpaired) electrons. The van der Waals surface area contributed by atoms with Gasteiger partial charge in [0, 0.05) is 42.8 Å². The number of hydrogen-bond donors (Lipinski definition) is 0. The van der Waals surface area contributed by atoms with Crippen molar-refractivity contribution < 1.29 is 24.5 Å². The summed E-state index contributed by atoms with van der Waals surface area (Å²) in [6.45, 7) is 20.5. The molecule has 4 nitrogen and oxygen atoms in total. The third kappa shape index (κ3) is 9.22. The van der Waals surface area contributed by atoms with Crippen molar-refractivity contribution in [3.8, 4) is 50.6 Å². The molecule has 0 unspecified atom stereocenters. The summed E-state index contributed by atoms with van der Waals surface area (Å²) in [5, 5.41) is 3.54. The van der Waals surface area contributed by atoms with Crippen LogP contribution in [0.5, 0.6) is 0 Å². The minimum atomic E-state index is -1.26. The van der Waals surface area contributed by atoms with E-state index in [1.807, 2.05) is 30.5 Å². The largest absolute Gasteiger partial charge is 0.501 e. The Morgan fingerprint density at radius 1 is 0.600 bits per heavy atom. The summed E-state index contributed by atoms with van der Waals surface area (Å²) in [5.41, 5.74) is 14.9. The molecule has 6 heteroatoms. The molecule has 0 amide bonds. The van der Waals surface area contributed by atoms with Crippen LogP contribution in [-0.2, 0) is 30.9 Å². The van der Waals surface area contributed by atoms with Crippen LogP contribution in [0.25, 0.3) is 83.6 Å². The Bertz CT molecular complexity index is 3120. The van der Waals surface area contributed by atoms with Gasteiger partial charge in [-0.05, 0) is 68.7 Å². The molecule has 10 rings (SSSR count). The van der Waals surface area contributed by atoms with Crippen LogP contribution >= 0.6 is 0 Å². The molecule has 3 heterocycles. The fraction of sp³-hybridized carbons (Fsp3) is 0.186. The fourth-order valence-electron chi connectivity index (χ4n) is 8.31. The first kappa shape index (κ1) is 45.4. The zero-order chi connectivity index (χ0) is 44.8. The number of para-hydroxylation sites is 3. The maximum absolute atomic E-state index is 6.53. The minimum absolute atomic E-state index is 0. The van der Waals surface area contributed by atoms with Crippen molar-refractivity contribution in [2.45, 2.75) is 72.0 Å². The number of benzene rings is 7. The van der Waals surface area contributed by atoms with E-state index in [1.54, 1.807) is 0 Å². The summed E-state index contributed by atoms with van der Waals surface area (Å²) < 4.78 is 8.86. The molecule has 65 heavy (non-hydrogen) atoms. The average Bonchev–Trinajstić information content (AvgIpc) is 3.87. The van der Waals surface area contributed by atoms with Gasteiger partial charge in [0.25, 0.3) is 0 Å². The van der Waals surface area contributed by atoms with Crippen molar-refractivity contribution in [3.05, 3.63) is 193 Å². The summed E-state index contributed by atoms with van der Waals surface area (Å²) in [7, 11) is -1.26. The van der Waals surface area contributed by atoms with Gasteiger partial charge in [-0.3, -0.25) is 4.98 Å². The maximum Gasteiger partial charge on any atom is 0.120 e. The van der Waals surface area contributed by atoms with E-state index in [-0.39, 0.29) is 30.9 Å². The number of fused-ring (bicyclic) bond motifs is 4. The van der Waals surface area contributed by atoms with Crippen LogP contribution in [0.15, 0.2) is 174 Å². The van der Waals surface area contributed by atoms with Gasteiger partial charge in [0.05, 0.1) is 36.2 Å². The van der Waals surface area contributed by atoms with Crippen LogP contribution in [0.4, 0.5) is 0 Å². The standard InChI is InChI=1S/C41H31N2O.C18H24NSi.Ir/c1-41(2,3)29-25-33(27-15-6-4-7-16-27)38(34(26-29)28-17-8-5-9-18-28)43-36-23-12-11-22-35(36)42-40(43)32-21-14-20-31-30-19-10-13-24-37(30)44-39(31)32;1-18(2,3)15-9-7-14(8-10-15)17-12-11-16(13-19-17)20(4,5)6;/h4-20,22-26H,1-3H3;7,9-13H,1-6H3;/q2*-1;. The van der Waals surface area contributed by atoms with Crippen LogP contribution < -0.4 is 5.19 Å². The average molecular weight is 1040 g/mol.